The average Bonchev–Trinajstić information content (AvgIpc) is 2.78. The fourth-order valence-corrected chi connectivity index (χ4v) is 3.79. The zero-order chi connectivity index (χ0) is 17.4. The maximum Gasteiger partial charge on any atom is 0.354 e. The van der Waals surface area contributed by atoms with Crippen molar-refractivity contribution >= 4 is 21.7 Å². The number of anilines is 1. The van der Waals surface area contributed by atoms with Gasteiger partial charge in [0.25, 0.3) is 10.0 Å². The molecule has 0 radical (unpaired) electrons. The predicted molar refractivity (Wildman–Crippen MR) is 88.2 cm³/mol. The lowest BCUT2D eigenvalue weighted by atomic mass is 10.1. The Labute approximate surface area is 136 Å². The van der Waals surface area contributed by atoms with Crippen molar-refractivity contribution < 1.29 is 17.9 Å². The summed E-state index contributed by atoms with van der Waals surface area (Å²) >= 11 is 0. The first kappa shape index (κ1) is 17.1. The van der Waals surface area contributed by atoms with E-state index in [9.17, 15) is 13.2 Å². The van der Waals surface area contributed by atoms with Crippen LogP contribution in [0, 0.1) is 20.8 Å². The molecule has 1 aromatic heterocycles. The zero-order valence-corrected chi connectivity index (χ0v) is 14.6. The van der Waals surface area contributed by atoms with Crippen LogP contribution in [-0.4, -0.2) is 26.1 Å². The topological polar surface area (TPSA) is 77.4 Å². The molecule has 0 unspecified atom stereocenters. The van der Waals surface area contributed by atoms with E-state index >= 15 is 0 Å². The van der Waals surface area contributed by atoms with Crippen LogP contribution in [0.15, 0.2) is 29.2 Å². The number of ether oxygens (including phenoxy) is 1. The average molecular weight is 336 g/mol. The summed E-state index contributed by atoms with van der Waals surface area (Å²) in [5.74, 6) is -0.580. The third-order valence-corrected chi connectivity index (χ3v) is 5.28. The van der Waals surface area contributed by atoms with Crippen molar-refractivity contribution in [3.8, 4) is 0 Å². The third kappa shape index (κ3) is 3.24. The quantitative estimate of drug-likeness (QED) is 0.871. The number of hydrogen-bond acceptors (Lipinski definition) is 4. The number of esters is 1. The zero-order valence-electron chi connectivity index (χ0n) is 13.8. The van der Waals surface area contributed by atoms with Crippen molar-refractivity contribution in [2.45, 2.75) is 25.7 Å². The summed E-state index contributed by atoms with van der Waals surface area (Å²) in [5, 5.41) is 0. The van der Waals surface area contributed by atoms with Crippen LogP contribution in [0.4, 0.5) is 5.69 Å². The van der Waals surface area contributed by atoms with E-state index in [1.807, 2.05) is 26.0 Å². The molecule has 0 fully saturated rings. The lowest BCUT2D eigenvalue weighted by molar-refractivity contribution is 0.0589. The minimum atomic E-state index is -3.80. The molecule has 0 atom stereocenters. The van der Waals surface area contributed by atoms with E-state index in [0.29, 0.717) is 11.4 Å². The Morgan fingerprint density at radius 1 is 1.17 bits per heavy atom. The Morgan fingerprint density at radius 3 is 2.39 bits per heavy atom. The van der Waals surface area contributed by atoms with Gasteiger partial charge >= 0.3 is 5.97 Å². The molecule has 0 saturated heterocycles. The molecule has 6 nitrogen and oxygen atoms in total. The number of nitrogens with one attached hydrogen (secondary N) is 1. The summed E-state index contributed by atoms with van der Waals surface area (Å²) in [6.45, 7) is 5.42. The summed E-state index contributed by atoms with van der Waals surface area (Å²) in [6.07, 6.45) is 0. The number of aromatic nitrogens is 1. The van der Waals surface area contributed by atoms with Gasteiger partial charge in [0.05, 0.1) is 12.8 Å². The maximum atomic E-state index is 12.7. The van der Waals surface area contributed by atoms with Crippen molar-refractivity contribution in [2.75, 3.05) is 11.8 Å². The second kappa shape index (κ2) is 6.08. The number of sulfonamides is 1. The number of rotatable bonds is 4. The summed E-state index contributed by atoms with van der Waals surface area (Å²) in [6, 6.07) is 6.78. The standard InChI is InChI=1S/C16H20N2O4S/c1-10-6-7-13(11(2)8-10)17-23(20,21)15-9-14(16(19)22-5)18(4)12(15)3/h6-9,17H,1-5H3. The van der Waals surface area contributed by atoms with Crippen LogP contribution in [0.2, 0.25) is 0 Å². The fraction of sp³-hybridized carbons (Fsp3) is 0.312. The number of methoxy groups -OCH3 is 1. The van der Waals surface area contributed by atoms with Gasteiger partial charge in [0.2, 0.25) is 0 Å². The van der Waals surface area contributed by atoms with Crippen LogP contribution in [0.3, 0.4) is 0 Å². The minimum absolute atomic E-state index is 0.0559. The van der Waals surface area contributed by atoms with Gasteiger partial charge in [-0.1, -0.05) is 17.7 Å². The molecule has 7 heteroatoms. The smallest absolute Gasteiger partial charge is 0.354 e. The second-order valence-corrected chi connectivity index (χ2v) is 7.10. The predicted octanol–water partition coefficient (Wildman–Crippen LogP) is 2.54. The molecule has 0 aliphatic carbocycles. The van der Waals surface area contributed by atoms with Crippen molar-refractivity contribution in [1.29, 1.82) is 0 Å². The summed E-state index contributed by atoms with van der Waals surface area (Å²) in [5.41, 5.74) is 3.04. The van der Waals surface area contributed by atoms with E-state index in [1.54, 1.807) is 20.0 Å². The van der Waals surface area contributed by atoms with Gasteiger partial charge in [0.15, 0.2) is 0 Å². The molecule has 2 rings (SSSR count). The van der Waals surface area contributed by atoms with Crippen LogP contribution in [0.5, 0.6) is 0 Å². The van der Waals surface area contributed by atoms with E-state index < -0.39 is 16.0 Å². The lowest BCUT2D eigenvalue weighted by Gasteiger charge is -2.11. The number of nitrogens with zero attached hydrogens (tertiary/aromatic N) is 1. The molecular formula is C16H20N2O4S. The molecule has 1 N–H and O–H groups in total. The first-order valence-corrected chi connectivity index (χ1v) is 8.50. The normalized spacial score (nSPS) is 11.3. The van der Waals surface area contributed by atoms with Gasteiger partial charge in [0, 0.05) is 12.7 Å². The molecule has 0 aliphatic heterocycles. The molecule has 124 valence electrons. The van der Waals surface area contributed by atoms with Gasteiger partial charge in [-0.2, -0.15) is 0 Å². The largest absolute Gasteiger partial charge is 0.464 e. The lowest BCUT2D eigenvalue weighted by Crippen LogP contribution is -2.14. The van der Waals surface area contributed by atoms with Crippen molar-refractivity contribution in [3.05, 3.63) is 46.8 Å². The van der Waals surface area contributed by atoms with Crippen molar-refractivity contribution in [3.63, 3.8) is 0 Å². The number of hydrogen-bond donors (Lipinski definition) is 1. The Hall–Kier alpha value is -2.28. The SMILES string of the molecule is COC(=O)c1cc(S(=O)(=O)Nc2ccc(C)cc2C)c(C)n1C. The number of carbonyl (C=O) groups is 1. The van der Waals surface area contributed by atoms with E-state index in [4.69, 9.17) is 0 Å². The number of carbonyl (C=O) groups excluding carboxylic acids is 1. The third-order valence-electron chi connectivity index (χ3n) is 3.80. The molecule has 0 spiro atoms. The van der Waals surface area contributed by atoms with E-state index in [0.717, 1.165) is 11.1 Å². The molecule has 1 aromatic carbocycles. The van der Waals surface area contributed by atoms with Crippen LogP contribution < -0.4 is 4.72 Å². The van der Waals surface area contributed by atoms with Crippen LogP contribution >= 0.6 is 0 Å². The molecule has 2 aromatic rings. The van der Waals surface area contributed by atoms with Crippen LogP contribution in [-0.2, 0) is 21.8 Å². The van der Waals surface area contributed by atoms with Crippen LogP contribution in [0.25, 0.3) is 0 Å². The van der Waals surface area contributed by atoms with E-state index in [-0.39, 0.29) is 10.6 Å². The van der Waals surface area contributed by atoms with E-state index in [2.05, 4.69) is 9.46 Å². The molecular weight excluding hydrogens is 316 g/mol. The number of aryl methyl sites for hydroxylation is 2. The maximum absolute atomic E-state index is 12.7. The number of benzene rings is 1. The van der Waals surface area contributed by atoms with Gasteiger partial charge in [-0.3, -0.25) is 4.72 Å². The first-order valence-electron chi connectivity index (χ1n) is 7.02. The monoisotopic (exact) mass is 336 g/mol. The van der Waals surface area contributed by atoms with E-state index in [1.165, 1.54) is 17.7 Å². The highest BCUT2D eigenvalue weighted by Gasteiger charge is 2.25. The van der Waals surface area contributed by atoms with Gasteiger partial charge in [0.1, 0.15) is 10.6 Å². The van der Waals surface area contributed by atoms with Gasteiger partial charge < -0.3 is 9.30 Å². The summed E-state index contributed by atoms with van der Waals surface area (Å²) in [4.78, 5) is 11.8. The van der Waals surface area contributed by atoms with Crippen molar-refractivity contribution in [2.24, 2.45) is 7.05 Å². The molecule has 0 aliphatic rings. The van der Waals surface area contributed by atoms with Crippen LogP contribution in [0.1, 0.15) is 27.3 Å². The molecule has 0 saturated carbocycles. The Bertz CT molecular complexity index is 866. The second-order valence-electron chi connectivity index (χ2n) is 5.45. The molecule has 1 heterocycles. The first-order chi connectivity index (χ1) is 10.7. The Morgan fingerprint density at radius 2 is 1.83 bits per heavy atom. The molecule has 0 bridgehead atoms. The molecule has 0 amide bonds. The van der Waals surface area contributed by atoms with Gasteiger partial charge in [-0.05, 0) is 38.5 Å². The summed E-state index contributed by atoms with van der Waals surface area (Å²) in [7, 11) is -0.922. The highest BCUT2D eigenvalue weighted by molar-refractivity contribution is 7.92. The van der Waals surface area contributed by atoms with Crippen molar-refractivity contribution in [1.82, 2.24) is 4.57 Å². The Balaban J connectivity index is 2.46. The summed E-state index contributed by atoms with van der Waals surface area (Å²) < 4.78 is 34.1. The Kier molecular flexibility index (Phi) is 4.51. The highest BCUT2D eigenvalue weighted by atomic mass is 32.2. The minimum Gasteiger partial charge on any atom is -0.464 e. The van der Waals surface area contributed by atoms with Gasteiger partial charge in [-0.15, -0.1) is 0 Å². The molecule has 23 heavy (non-hydrogen) atoms. The highest BCUT2D eigenvalue weighted by Crippen LogP contribution is 2.25. The van der Waals surface area contributed by atoms with Gasteiger partial charge in [-0.25, -0.2) is 13.2 Å². The fourth-order valence-electron chi connectivity index (χ4n) is 2.37.